The number of benzene rings is 1. The predicted molar refractivity (Wildman–Crippen MR) is 78.0 cm³/mol. The third-order valence-corrected chi connectivity index (χ3v) is 4.05. The Balaban J connectivity index is 2.21. The van der Waals surface area contributed by atoms with E-state index in [4.69, 9.17) is 0 Å². The summed E-state index contributed by atoms with van der Waals surface area (Å²) in [7, 11) is 2.05. The van der Waals surface area contributed by atoms with Crippen molar-refractivity contribution in [3.8, 4) is 0 Å². The number of hydrogen-bond donors (Lipinski definition) is 1. The lowest BCUT2D eigenvalue weighted by Gasteiger charge is -2.40. The van der Waals surface area contributed by atoms with E-state index in [1.165, 1.54) is 0 Å². The van der Waals surface area contributed by atoms with Gasteiger partial charge in [0.25, 0.3) is 0 Å². The zero-order valence-corrected chi connectivity index (χ0v) is 11.7. The molecule has 98 valence electrons. The molecule has 0 radical (unpaired) electrons. The number of rotatable bonds is 0. The van der Waals surface area contributed by atoms with Gasteiger partial charge in [0, 0.05) is 7.05 Å². The van der Waals surface area contributed by atoms with Crippen LogP contribution in [0.5, 0.6) is 0 Å². The van der Waals surface area contributed by atoms with Crippen LogP contribution in [0.2, 0.25) is 0 Å². The quantitative estimate of drug-likeness (QED) is 0.771. The molecule has 1 N–H and O–H groups in total. The van der Waals surface area contributed by atoms with Crippen molar-refractivity contribution < 1.29 is 4.79 Å². The van der Waals surface area contributed by atoms with Crippen molar-refractivity contribution in [2.24, 2.45) is 5.41 Å². The molecule has 3 heteroatoms. The maximum absolute atomic E-state index is 12.4. The Morgan fingerprint density at radius 2 is 1.89 bits per heavy atom. The third-order valence-electron chi connectivity index (χ3n) is 4.05. The number of nitrogens with one attached hydrogen (secondary N) is 1. The maximum Gasteiger partial charge on any atom is 0.170 e. The Morgan fingerprint density at radius 3 is 2.63 bits per heavy atom. The Hall–Kier alpha value is -2.03. The van der Waals surface area contributed by atoms with Crippen molar-refractivity contribution in [1.29, 1.82) is 0 Å². The lowest BCUT2D eigenvalue weighted by molar-refractivity contribution is -0.121. The Kier molecular flexibility index (Phi) is 2.36. The third kappa shape index (κ3) is 1.54. The average molecular weight is 254 g/mol. The molecule has 0 atom stereocenters. The molecule has 0 amide bonds. The highest BCUT2D eigenvalue weighted by Crippen LogP contribution is 2.44. The Bertz CT molecular complexity index is 638. The zero-order valence-electron chi connectivity index (χ0n) is 11.7. The Morgan fingerprint density at radius 1 is 1.21 bits per heavy atom. The second-order valence-corrected chi connectivity index (χ2v) is 5.74. The van der Waals surface area contributed by atoms with Gasteiger partial charge in [-0.05, 0) is 44.6 Å². The average Bonchev–Trinajstić information content (AvgIpc) is 2.39. The molecule has 1 aliphatic heterocycles. The Labute approximate surface area is 113 Å². The molecular weight excluding hydrogens is 236 g/mol. The van der Waals surface area contributed by atoms with Gasteiger partial charge in [0.05, 0.1) is 28.2 Å². The van der Waals surface area contributed by atoms with Crippen LogP contribution in [0.25, 0.3) is 0 Å². The van der Waals surface area contributed by atoms with Gasteiger partial charge in [0.15, 0.2) is 5.78 Å². The van der Waals surface area contributed by atoms with Crippen LogP contribution in [0.15, 0.2) is 47.3 Å². The summed E-state index contributed by atoms with van der Waals surface area (Å²) in [4.78, 5) is 14.5. The van der Waals surface area contributed by atoms with E-state index in [2.05, 4.69) is 16.3 Å². The lowest BCUT2D eigenvalue weighted by atomic mass is 9.76. The molecule has 0 aromatic heterocycles. The molecule has 1 aliphatic carbocycles. The largest absolute Gasteiger partial charge is 0.355 e. The summed E-state index contributed by atoms with van der Waals surface area (Å²) in [5.74, 6) is 0.187. The highest BCUT2D eigenvalue weighted by Gasteiger charge is 2.40. The molecule has 0 bridgehead atoms. The van der Waals surface area contributed by atoms with Crippen LogP contribution in [0.3, 0.4) is 0 Å². The molecule has 3 nitrogen and oxygen atoms in total. The second kappa shape index (κ2) is 3.73. The number of nitrogens with zero attached hydrogens (tertiary/aromatic N) is 1. The van der Waals surface area contributed by atoms with E-state index in [0.29, 0.717) is 0 Å². The number of para-hydroxylation sites is 2. The molecule has 0 saturated carbocycles. The van der Waals surface area contributed by atoms with E-state index in [9.17, 15) is 4.79 Å². The fraction of sp³-hybridized carbons (Fsp3) is 0.312. The van der Waals surface area contributed by atoms with E-state index in [1.807, 2.05) is 52.1 Å². The van der Waals surface area contributed by atoms with Gasteiger partial charge in [-0.15, -0.1) is 0 Å². The van der Waals surface area contributed by atoms with E-state index in [1.54, 1.807) is 0 Å². The molecule has 3 rings (SSSR count). The molecule has 1 aromatic carbocycles. The predicted octanol–water partition coefficient (Wildman–Crippen LogP) is 3.32. The smallest absolute Gasteiger partial charge is 0.170 e. The number of Topliss-reactive ketones (excluding diaryl/α,β-unsaturated/α-hetero) is 1. The highest BCUT2D eigenvalue weighted by atomic mass is 16.1. The normalized spacial score (nSPS) is 20.5. The van der Waals surface area contributed by atoms with Gasteiger partial charge < -0.3 is 10.2 Å². The number of ketones is 1. The molecule has 1 heterocycles. The van der Waals surface area contributed by atoms with Crippen LogP contribution in [0.1, 0.15) is 20.8 Å². The SMILES string of the molecule is CC1=CC2=C(Nc3ccccc3N2C)C(C)(C)C1=O. The summed E-state index contributed by atoms with van der Waals surface area (Å²) in [5, 5.41) is 3.44. The van der Waals surface area contributed by atoms with Crippen molar-refractivity contribution in [3.05, 3.63) is 47.3 Å². The first-order valence-corrected chi connectivity index (χ1v) is 6.50. The molecule has 0 fully saturated rings. The zero-order chi connectivity index (χ0) is 13.8. The minimum atomic E-state index is -0.504. The number of carbonyl (C=O) groups excluding carboxylic acids is 1. The van der Waals surface area contributed by atoms with Crippen LogP contribution in [0.4, 0.5) is 11.4 Å². The second-order valence-electron chi connectivity index (χ2n) is 5.74. The monoisotopic (exact) mass is 254 g/mol. The van der Waals surface area contributed by atoms with Crippen LogP contribution in [-0.2, 0) is 4.79 Å². The van der Waals surface area contributed by atoms with Gasteiger partial charge in [-0.3, -0.25) is 4.79 Å². The van der Waals surface area contributed by atoms with E-state index >= 15 is 0 Å². The molecule has 0 spiro atoms. The van der Waals surface area contributed by atoms with Crippen molar-refractivity contribution in [1.82, 2.24) is 0 Å². The first-order valence-electron chi connectivity index (χ1n) is 6.50. The van der Waals surface area contributed by atoms with Gasteiger partial charge in [-0.1, -0.05) is 12.1 Å². The number of allylic oxidation sites excluding steroid dienone is 3. The number of carbonyl (C=O) groups is 1. The molecule has 0 unspecified atom stereocenters. The number of fused-ring (bicyclic) bond motifs is 1. The summed E-state index contributed by atoms with van der Waals surface area (Å²) < 4.78 is 0. The standard InChI is InChI=1S/C16H18N2O/c1-10-9-13-14(16(2,3)15(10)19)17-11-7-5-6-8-12(11)18(13)4/h5-9,17H,1-4H3. The molecule has 2 aliphatic rings. The molecular formula is C16H18N2O. The molecule has 19 heavy (non-hydrogen) atoms. The maximum atomic E-state index is 12.4. The van der Waals surface area contributed by atoms with Crippen LogP contribution < -0.4 is 10.2 Å². The van der Waals surface area contributed by atoms with Gasteiger partial charge in [-0.2, -0.15) is 0 Å². The number of likely N-dealkylation sites (N-methyl/N-ethyl adjacent to an activating group) is 1. The minimum Gasteiger partial charge on any atom is -0.355 e. The van der Waals surface area contributed by atoms with Crippen molar-refractivity contribution in [2.45, 2.75) is 20.8 Å². The van der Waals surface area contributed by atoms with Gasteiger partial charge in [0.1, 0.15) is 0 Å². The summed E-state index contributed by atoms with van der Waals surface area (Å²) in [6.07, 6.45) is 1.98. The summed E-state index contributed by atoms with van der Waals surface area (Å²) >= 11 is 0. The van der Waals surface area contributed by atoms with Gasteiger partial charge in [-0.25, -0.2) is 0 Å². The minimum absolute atomic E-state index is 0.187. The van der Waals surface area contributed by atoms with Crippen molar-refractivity contribution >= 4 is 17.2 Å². The van der Waals surface area contributed by atoms with Crippen LogP contribution >= 0.6 is 0 Å². The van der Waals surface area contributed by atoms with E-state index < -0.39 is 5.41 Å². The fourth-order valence-corrected chi connectivity index (χ4v) is 2.89. The topological polar surface area (TPSA) is 32.3 Å². The summed E-state index contributed by atoms with van der Waals surface area (Å²) in [6.45, 7) is 5.86. The van der Waals surface area contributed by atoms with Gasteiger partial charge >= 0.3 is 0 Å². The first-order chi connectivity index (χ1) is 8.93. The summed E-state index contributed by atoms with van der Waals surface area (Å²) in [6, 6.07) is 8.16. The van der Waals surface area contributed by atoms with Crippen molar-refractivity contribution in [2.75, 3.05) is 17.3 Å². The summed E-state index contributed by atoms with van der Waals surface area (Å²) in [5.41, 5.74) is 4.57. The van der Waals surface area contributed by atoms with Crippen LogP contribution in [-0.4, -0.2) is 12.8 Å². The molecule has 1 aromatic rings. The first kappa shape index (κ1) is 12.0. The lowest BCUT2D eigenvalue weighted by Crippen LogP contribution is -2.40. The van der Waals surface area contributed by atoms with Gasteiger partial charge in [0.2, 0.25) is 0 Å². The van der Waals surface area contributed by atoms with E-state index in [-0.39, 0.29) is 5.78 Å². The van der Waals surface area contributed by atoms with Crippen LogP contribution in [0, 0.1) is 5.41 Å². The van der Waals surface area contributed by atoms with E-state index in [0.717, 1.165) is 28.3 Å². The highest BCUT2D eigenvalue weighted by molar-refractivity contribution is 6.04. The fourth-order valence-electron chi connectivity index (χ4n) is 2.89. The molecule has 0 saturated heterocycles. The number of hydrogen-bond acceptors (Lipinski definition) is 3. The van der Waals surface area contributed by atoms with Crippen molar-refractivity contribution in [3.63, 3.8) is 0 Å². The number of anilines is 2.